The molecule has 0 unspecified atom stereocenters. The van der Waals surface area contributed by atoms with E-state index in [9.17, 15) is 22.8 Å². The van der Waals surface area contributed by atoms with Gasteiger partial charge in [-0.2, -0.15) is 0 Å². The Bertz CT molecular complexity index is 2150. The zero-order chi connectivity index (χ0) is 42.2. The number of amides is 4. The number of hydrogen-bond acceptors (Lipinski definition) is 11. The largest absolute Gasteiger partial charge is 0.496 e. The van der Waals surface area contributed by atoms with Crippen LogP contribution in [-0.2, 0) is 29.1 Å². The number of aromatic nitrogens is 1. The molecule has 2 aliphatic heterocycles. The van der Waals surface area contributed by atoms with Crippen LogP contribution in [0.2, 0.25) is 0 Å². The SMILES string of the molecule is C=C[C@H]1C[C@]1(NC(=O)[C@@H]1C[C@@H]2CN1C(=O)[C@H](C1CCCCC1)NC(=O)O[C@@H]1CCCC[C@H]1C/C=C/c1cc3c(cc(OCC)nc3cc1OC)O2)C(=O)NS(=O)(=O)C1CC1. The van der Waals surface area contributed by atoms with Gasteiger partial charge in [0, 0.05) is 35.4 Å². The summed E-state index contributed by atoms with van der Waals surface area (Å²) in [4.78, 5) is 63.5. The molecule has 3 heterocycles. The Morgan fingerprint density at radius 1 is 1.03 bits per heavy atom. The predicted molar refractivity (Wildman–Crippen MR) is 223 cm³/mol. The second kappa shape index (κ2) is 17.3. The fourth-order valence-corrected chi connectivity index (χ4v) is 11.1. The first-order chi connectivity index (χ1) is 28.9. The van der Waals surface area contributed by atoms with Crippen molar-refractivity contribution in [1.82, 2.24) is 25.2 Å². The highest BCUT2D eigenvalue weighted by molar-refractivity contribution is 7.91. The lowest BCUT2D eigenvalue weighted by Crippen LogP contribution is -2.59. The van der Waals surface area contributed by atoms with Gasteiger partial charge in [0.25, 0.3) is 5.91 Å². The molecular weight excluding hydrogens is 791 g/mol. The van der Waals surface area contributed by atoms with E-state index in [1.54, 1.807) is 13.2 Å². The lowest BCUT2D eigenvalue weighted by atomic mass is 9.83. The van der Waals surface area contributed by atoms with Gasteiger partial charge in [0.05, 0.1) is 31.0 Å². The zero-order valence-corrected chi connectivity index (χ0v) is 35.3. The number of hydrogen-bond donors (Lipinski definition) is 3. The average molecular weight is 848 g/mol. The maximum Gasteiger partial charge on any atom is 0.408 e. The third-order valence-electron chi connectivity index (χ3n) is 13.3. The Balaban J connectivity index is 1.18. The molecule has 1 saturated heterocycles. The van der Waals surface area contributed by atoms with Gasteiger partial charge in [0.1, 0.15) is 41.3 Å². The van der Waals surface area contributed by atoms with Crippen molar-refractivity contribution < 1.29 is 46.5 Å². The Labute approximate surface area is 351 Å². The van der Waals surface area contributed by atoms with Gasteiger partial charge in [-0.05, 0) is 82.6 Å². The molecule has 0 radical (unpaired) electrons. The van der Waals surface area contributed by atoms with Crippen LogP contribution < -0.4 is 29.6 Å². The fourth-order valence-electron chi connectivity index (χ4n) is 9.71. The Morgan fingerprint density at radius 3 is 2.50 bits per heavy atom. The van der Waals surface area contributed by atoms with Crippen LogP contribution in [0.5, 0.6) is 17.4 Å². The number of carbonyl (C=O) groups excluding carboxylic acids is 4. The summed E-state index contributed by atoms with van der Waals surface area (Å²) in [6.45, 7) is 6.02. The minimum absolute atomic E-state index is 0.0155. The van der Waals surface area contributed by atoms with Crippen molar-refractivity contribution in [3.63, 3.8) is 0 Å². The Morgan fingerprint density at radius 2 is 1.78 bits per heavy atom. The van der Waals surface area contributed by atoms with Crippen LogP contribution in [0.15, 0.2) is 36.9 Å². The van der Waals surface area contributed by atoms with Crippen LogP contribution >= 0.6 is 0 Å². The summed E-state index contributed by atoms with van der Waals surface area (Å²) < 4.78 is 52.5. The quantitative estimate of drug-likeness (QED) is 0.263. The van der Waals surface area contributed by atoms with E-state index in [-0.39, 0.29) is 37.3 Å². The summed E-state index contributed by atoms with van der Waals surface area (Å²) in [5.74, 6) is -1.18. The first-order valence-corrected chi connectivity index (χ1v) is 23.2. The van der Waals surface area contributed by atoms with E-state index in [0.29, 0.717) is 73.4 Å². The number of ether oxygens (including phenoxy) is 4. The van der Waals surface area contributed by atoms with Crippen molar-refractivity contribution in [2.24, 2.45) is 17.8 Å². The summed E-state index contributed by atoms with van der Waals surface area (Å²) in [6, 6.07) is 3.36. The van der Waals surface area contributed by atoms with E-state index in [1.165, 1.54) is 11.0 Å². The number of pyridine rings is 1. The molecule has 324 valence electrons. The van der Waals surface area contributed by atoms with Crippen molar-refractivity contribution in [3.05, 3.63) is 42.5 Å². The van der Waals surface area contributed by atoms with Gasteiger partial charge in [0.15, 0.2) is 0 Å². The molecule has 0 spiro atoms. The topological polar surface area (TPSA) is 192 Å². The molecule has 4 bridgehead atoms. The summed E-state index contributed by atoms with van der Waals surface area (Å²) in [5.41, 5.74) is -0.199. The fraction of sp³-hybridized carbons (Fsp3) is 0.614. The van der Waals surface area contributed by atoms with E-state index in [4.69, 9.17) is 23.9 Å². The predicted octanol–water partition coefficient (Wildman–Crippen LogP) is 5.31. The average Bonchev–Trinajstić information content (AvgIpc) is 4.17. The second-order valence-electron chi connectivity index (χ2n) is 17.3. The molecule has 7 atom stereocenters. The number of allylic oxidation sites excluding steroid dienone is 1. The molecule has 6 aliphatic rings. The minimum Gasteiger partial charge on any atom is -0.496 e. The lowest BCUT2D eigenvalue weighted by molar-refractivity contribution is -0.142. The van der Waals surface area contributed by atoms with Crippen LogP contribution in [-0.4, -0.2) is 97.5 Å². The van der Waals surface area contributed by atoms with Gasteiger partial charge < -0.3 is 34.5 Å². The summed E-state index contributed by atoms with van der Waals surface area (Å²) in [5, 5.41) is 5.89. The molecule has 4 aliphatic carbocycles. The van der Waals surface area contributed by atoms with Crippen LogP contribution in [0, 0.1) is 17.8 Å². The molecule has 2 aromatic rings. The molecule has 4 amide bonds. The molecule has 60 heavy (non-hydrogen) atoms. The molecule has 3 N–H and O–H groups in total. The van der Waals surface area contributed by atoms with Crippen LogP contribution in [0.25, 0.3) is 17.0 Å². The molecule has 8 rings (SSSR count). The van der Waals surface area contributed by atoms with Crippen molar-refractivity contribution in [2.45, 2.75) is 132 Å². The Hall–Kier alpha value is -4.86. The normalized spacial score (nSPS) is 30.4. The molecular formula is C44H57N5O10S. The second-order valence-corrected chi connectivity index (χ2v) is 19.3. The van der Waals surface area contributed by atoms with Gasteiger partial charge >= 0.3 is 6.09 Å². The van der Waals surface area contributed by atoms with Crippen LogP contribution in [0.3, 0.4) is 0 Å². The van der Waals surface area contributed by atoms with Crippen LogP contribution in [0.4, 0.5) is 4.79 Å². The van der Waals surface area contributed by atoms with Crippen molar-refractivity contribution in [1.29, 1.82) is 0 Å². The van der Waals surface area contributed by atoms with E-state index in [1.807, 2.05) is 25.1 Å². The summed E-state index contributed by atoms with van der Waals surface area (Å²) >= 11 is 0. The van der Waals surface area contributed by atoms with E-state index < -0.39 is 68.7 Å². The standard InChI is InChI=1S/C44H57N5O10S/c1-4-29-24-44(29,42(52)48-60(54,55)31-18-19-31)47-40(50)34-21-30-25-49(34)41(51)39(27-13-7-6-8-14-27)46-43(53)59-35-17-10-9-12-26(35)15-11-16-28-20-32-33(22-36(28)56-3)45-38(57-5-2)23-37(32)58-30/h4,11,16,20,22-23,26-27,29-31,34-35,39H,1,5-10,12-15,17-19,21,24-25H2,2-3H3,(H,46,53)(H,47,50)(H,48,52)/b16-11+/t26-,29-,30+,34-,35+,39-,44+/m0/s1. The monoisotopic (exact) mass is 847 g/mol. The summed E-state index contributed by atoms with van der Waals surface area (Å²) in [6.07, 6.45) is 13.4. The van der Waals surface area contributed by atoms with Gasteiger partial charge in [0.2, 0.25) is 27.7 Å². The number of carbonyl (C=O) groups is 4. The van der Waals surface area contributed by atoms with E-state index >= 15 is 4.79 Å². The van der Waals surface area contributed by atoms with Crippen LogP contribution in [0.1, 0.15) is 102 Å². The third kappa shape index (κ3) is 8.66. The first-order valence-electron chi connectivity index (χ1n) is 21.7. The van der Waals surface area contributed by atoms with E-state index in [2.05, 4.69) is 28.0 Å². The highest BCUT2D eigenvalue weighted by atomic mass is 32.2. The molecule has 16 heteroatoms. The number of methoxy groups -OCH3 is 1. The maximum atomic E-state index is 15.1. The van der Waals surface area contributed by atoms with Gasteiger partial charge in [-0.15, -0.1) is 6.58 Å². The number of nitrogens with zero attached hydrogens (tertiary/aromatic N) is 2. The number of nitrogens with one attached hydrogen (secondary N) is 3. The highest BCUT2D eigenvalue weighted by Gasteiger charge is 2.62. The van der Waals surface area contributed by atoms with Crippen molar-refractivity contribution in [2.75, 3.05) is 20.3 Å². The number of alkyl carbamates (subject to hydrolysis) is 1. The van der Waals surface area contributed by atoms with Gasteiger partial charge in [-0.3, -0.25) is 19.1 Å². The number of benzene rings is 1. The first kappa shape index (κ1) is 41.9. The summed E-state index contributed by atoms with van der Waals surface area (Å²) in [7, 11) is -2.32. The molecule has 4 saturated carbocycles. The third-order valence-corrected chi connectivity index (χ3v) is 15.1. The number of fused-ring (bicyclic) bond motifs is 4. The molecule has 1 aromatic heterocycles. The smallest absolute Gasteiger partial charge is 0.408 e. The van der Waals surface area contributed by atoms with Crippen molar-refractivity contribution in [3.8, 4) is 17.4 Å². The zero-order valence-electron chi connectivity index (χ0n) is 34.5. The molecule has 5 fully saturated rings. The van der Waals surface area contributed by atoms with Gasteiger partial charge in [-0.1, -0.05) is 43.9 Å². The lowest BCUT2D eigenvalue weighted by Gasteiger charge is -2.36. The molecule has 15 nitrogen and oxygen atoms in total. The van der Waals surface area contributed by atoms with Gasteiger partial charge in [-0.25, -0.2) is 18.2 Å². The molecule has 1 aromatic carbocycles. The van der Waals surface area contributed by atoms with E-state index in [0.717, 1.165) is 44.1 Å². The van der Waals surface area contributed by atoms with Crippen molar-refractivity contribution >= 4 is 50.8 Å². The number of sulfonamides is 1. The number of rotatable bonds is 10. The highest BCUT2D eigenvalue weighted by Crippen LogP contribution is 2.46. The minimum atomic E-state index is -3.91. The Kier molecular flexibility index (Phi) is 12.0. The maximum absolute atomic E-state index is 15.1.